The molecule has 0 aliphatic carbocycles. The minimum absolute atomic E-state index is 0.0921. The Labute approximate surface area is 120 Å². The third kappa shape index (κ3) is 3.65. The van der Waals surface area contributed by atoms with Gasteiger partial charge >= 0.3 is 0 Å². The Morgan fingerprint density at radius 2 is 2.05 bits per heavy atom. The van der Waals surface area contributed by atoms with E-state index in [9.17, 15) is 13.2 Å². The summed E-state index contributed by atoms with van der Waals surface area (Å²) >= 11 is 1.28. The molecular formula is C11H12N4O3S2. The maximum Gasteiger partial charge on any atom is 0.240 e. The molecule has 1 aliphatic rings. The molecule has 2 N–H and O–H groups in total. The first-order chi connectivity index (χ1) is 9.51. The smallest absolute Gasteiger partial charge is 0.240 e. The lowest BCUT2D eigenvalue weighted by Crippen LogP contribution is -2.19. The quantitative estimate of drug-likeness (QED) is 0.610. The van der Waals surface area contributed by atoms with E-state index < -0.39 is 10.0 Å². The lowest BCUT2D eigenvalue weighted by atomic mass is 10.2. The van der Waals surface area contributed by atoms with Gasteiger partial charge in [0.25, 0.3) is 0 Å². The van der Waals surface area contributed by atoms with Crippen LogP contribution in [-0.2, 0) is 14.8 Å². The number of benzene rings is 1. The number of hydrogen-bond acceptors (Lipinski definition) is 6. The van der Waals surface area contributed by atoms with Crippen LogP contribution in [-0.4, -0.2) is 38.5 Å². The van der Waals surface area contributed by atoms with E-state index >= 15 is 0 Å². The Morgan fingerprint density at radius 1 is 1.35 bits per heavy atom. The molecule has 106 valence electrons. The molecule has 0 spiro atoms. The summed E-state index contributed by atoms with van der Waals surface area (Å²) in [5.74, 6) is 0.260. The van der Waals surface area contributed by atoms with Gasteiger partial charge in [0.05, 0.1) is 16.9 Å². The van der Waals surface area contributed by atoms with Gasteiger partial charge in [-0.05, 0) is 24.7 Å². The van der Waals surface area contributed by atoms with Gasteiger partial charge in [-0.1, -0.05) is 23.9 Å². The Bertz CT molecular complexity index is 665. The molecule has 1 aliphatic heterocycles. The van der Waals surface area contributed by atoms with Gasteiger partial charge in [-0.2, -0.15) is 5.10 Å². The molecule has 1 saturated heterocycles. The van der Waals surface area contributed by atoms with Gasteiger partial charge < -0.3 is 5.32 Å². The van der Waals surface area contributed by atoms with Crippen molar-refractivity contribution in [3.05, 3.63) is 29.8 Å². The van der Waals surface area contributed by atoms with Crippen LogP contribution >= 0.6 is 11.8 Å². The zero-order valence-corrected chi connectivity index (χ0v) is 12.2. The van der Waals surface area contributed by atoms with E-state index in [1.54, 1.807) is 12.1 Å². The Morgan fingerprint density at radius 3 is 2.60 bits per heavy atom. The number of carbonyl (C=O) groups is 1. The van der Waals surface area contributed by atoms with Gasteiger partial charge in [-0.25, -0.2) is 13.1 Å². The van der Waals surface area contributed by atoms with Crippen LogP contribution in [0.25, 0.3) is 0 Å². The number of sulfonamides is 1. The van der Waals surface area contributed by atoms with Crippen LogP contribution < -0.4 is 10.0 Å². The van der Waals surface area contributed by atoms with Gasteiger partial charge in [0.2, 0.25) is 15.9 Å². The van der Waals surface area contributed by atoms with Gasteiger partial charge in [0.15, 0.2) is 5.17 Å². The summed E-state index contributed by atoms with van der Waals surface area (Å²) in [5, 5.41) is 10.7. The standard InChI is InChI=1S/C11H12N4O3S2/c1-12-20(17,18)9-4-2-8(3-5-9)6-13-15-11-14-10(16)7-19-11/h2-6,12H,7H2,1H3,(H,14,15,16). The molecule has 0 radical (unpaired) electrons. The van der Waals surface area contributed by atoms with E-state index in [2.05, 4.69) is 20.2 Å². The zero-order chi connectivity index (χ0) is 14.6. The van der Waals surface area contributed by atoms with E-state index in [0.717, 1.165) is 0 Å². The first-order valence-electron chi connectivity index (χ1n) is 5.58. The van der Waals surface area contributed by atoms with E-state index in [1.807, 2.05) is 0 Å². The SMILES string of the molecule is CNS(=O)(=O)c1ccc(C=NN=C2NC(=O)CS2)cc1. The van der Waals surface area contributed by atoms with Crippen molar-refractivity contribution in [2.75, 3.05) is 12.8 Å². The highest BCUT2D eigenvalue weighted by Gasteiger charge is 2.15. The Hall–Kier alpha value is -1.71. The van der Waals surface area contributed by atoms with E-state index in [0.29, 0.717) is 16.5 Å². The largest absolute Gasteiger partial charge is 0.303 e. The number of nitrogens with one attached hydrogen (secondary N) is 2. The second-order valence-corrected chi connectivity index (χ2v) is 6.61. The molecule has 1 fully saturated rings. The minimum atomic E-state index is -3.43. The topological polar surface area (TPSA) is 100.0 Å². The van der Waals surface area contributed by atoms with Gasteiger partial charge in [-0.15, -0.1) is 5.10 Å². The zero-order valence-electron chi connectivity index (χ0n) is 10.5. The van der Waals surface area contributed by atoms with Crippen LogP contribution in [0.15, 0.2) is 39.4 Å². The summed E-state index contributed by atoms with van der Waals surface area (Å²) < 4.78 is 25.3. The summed E-state index contributed by atoms with van der Waals surface area (Å²) in [6.45, 7) is 0. The predicted octanol–water partition coefficient (Wildman–Crippen LogP) is 0.148. The van der Waals surface area contributed by atoms with Crippen LogP contribution in [0.3, 0.4) is 0 Å². The number of amidine groups is 1. The maximum absolute atomic E-state index is 11.5. The number of thioether (sulfide) groups is 1. The first kappa shape index (κ1) is 14.7. The van der Waals surface area contributed by atoms with Crippen LogP contribution in [0, 0.1) is 0 Å². The molecule has 0 aromatic heterocycles. The molecule has 0 bridgehead atoms. The van der Waals surface area contributed by atoms with Crippen LogP contribution in [0.4, 0.5) is 0 Å². The molecular weight excluding hydrogens is 300 g/mol. The van der Waals surface area contributed by atoms with Crippen molar-refractivity contribution in [3.63, 3.8) is 0 Å². The highest BCUT2D eigenvalue weighted by molar-refractivity contribution is 8.15. The number of amides is 1. The van der Waals surface area contributed by atoms with Crippen LogP contribution in [0.2, 0.25) is 0 Å². The first-order valence-corrected chi connectivity index (χ1v) is 8.05. The molecule has 1 amide bonds. The second kappa shape index (κ2) is 6.16. The van der Waals surface area contributed by atoms with Crippen molar-refractivity contribution in [2.24, 2.45) is 10.2 Å². The molecule has 0 atom stereocenters. The number of nitrogens with zero attached hydrogens (tertiary/aromatic N) is 2. The highest BCUT2D eigenvalue weighted by atomic mass is 32.2. The molecule has 2 rings (SSSR count). The lowest BCUT2D eigenvalue weighted by Gasteiger charge is -2.01. The van der Waals surface area contributed by atoms with Crippen LogP contribution in [0.1, 0.15) is 5.56 Å². The van der Waals surface area contributed by atoms with Gasteiger partial charge in [0, 0.05) is 0 Å². The van der Waals surface area contributed by atoms with Crippen molar-refractivity contribution in [1.29, 1.82) is 0 Å². The fraction of sp³-hybridized carbons (Fsp3) is 0.182. The average Bonchev–Trinajstić information content (AvgIpc) is 2.85. The van der Waals surface area contributed by atoms with Crippen molar-refractivity contribution in [2.45, 2.75) is 4.90 Å². The van der Waals surface area contributed by atoms with Crippen molar-refractivity contribution < 1.29 is 13.2 Å². The molecule has 0 saturated carbocycles. The third-order valence-electron chi connectivity index (χ3n) is 2.40. The molecule has 7 nitrogen and oxygen atoms in total. The number of rotatable bonds is 4. The fourth-order valence-electron chi connectivity index (χ4n) is 1.38. The molecule has 1 aromatic rings. The van der Waals surface area contributed by atoms with Crippen molar-refractivity contribution >= 4 is 39.1 Å². The van der Waals surface area contributed by atoms with Gasteiger partial charge in [-0.3, -0.25) is 4.79 Å². The monoisotopic (exact) mass is 312 g/mol. The normalized spacial score (nSPS) is 17.9. The summed E-state index contributed by atoms with van der Waals surface area (Å²) in [4.78, 5) is 11.1. The molecule has 1 aromatic carbocycles. The summed E-state index contributed by atoms with van der Waals surface area (Å²) in [6.07, 6.45) is 1.48. The number of hydrogen-bond donors (Lipinski definition) is 2. The fourth-order valence-corrected chi connectivity index (χ4v) is 2.74. The van der Waals surface area contributed by atoms with E-state index in [4.69, 9.17) is 0 Å². The second-order valence-electron chi connectivity index (χ2n) is 3.76. The molecule has 0 unspecified atom stereocenters. The summed E-state index contributed by atoms with van der Waals surface area (Å²) in [5.41, 5.74) is 0.707. The third-order valence-corrected chi connectivity index (χ3v) is 4.69. The number of carbonyl (C=O) groups excluding carboxylic acids is 1. The van der Waals surface area contributed by atoms with Crippen LogP contribution in [0.5, 0.6) is 0 Å². The highest BCUT2D eigenvalue weighted by Crippen LogP contribution is 2.10. The Kier molecular flexibility index (Phi) is 4.53. The summed E-state index contributed by atoms with van der Waals surface area (Å²) in [6, 6.07) is 6.20. The maximum atomic E-state index is 11.5. The average molecular weight is 312 g/mol. The van der Waals surface area contributed by atoms with E-state index in [-0.39, 0.29) is 10.8 Å². The minimum Gasteiger partial charge on any atom is -0.303 e. The van der Waals surface area contributed by atoms with Crippen molar-refractivity contribution in [3.8, 4) is 0 Å². The lowest BCUT2D eigenvalue weighted by molar-refractivity contribution is -0.116. The molecule has 1 heterocycles. The molecule has 9 heteroatoms. The predicted molar refractivity (Wildman–Crippen MR) is 78.3 cm³/mol. The van der Waals surface area contributed by atoms with Gasteiger partial charge in [0.1, 0.15) is 0 Å². The molecule has 20 heavy (non-hydrogen) atoms. The Balaban J connectivity index is 2.06. The van der Waals surface area contributed by atoms with E-state index in [1.165, 1.54) is 37.2 Å². The van der Waals surface area contributed by atoms with Crippen molar-refractivity contribution in [1.82, 2.24) is 10.0 Å². The summed E-state index contributed by atoms with van der Waals surface area (Å²) in [7, 11) is -2.07.